The molecule has 0 aromatic heterocycles. The number of halogens is 3. The molecule has 1 aromatic carbocycles. The molecule has 0 amide bonds. The molecule has 0 saturated heterocycles. The van der Waals surface area contributed by atoms with Gasteiger partial charge in [0.2, 0.25) is 0 Å². The predicted molar refractivity (Wildman–Crippen MR) is 41.5 cm³/mol. The quantitative estimate of drug-likeness (QED) is 0.644. The Bertz CT molecular complexity index is 208. The molecular weight excluding hydrogens is 169 g/mol. The summed E-state index contributed by atoms with van der Waals surface area (Å²) in [6.07, 6.45) is -4.21. The van der Waals surface area contributed by atoms with E-state index in [4.69, 9.17) is 0 Å². The van der Waals surface area contributed by atoms with E-state index in [-0.39, 0.29) is 12.3 Å². The first-order valence-electron chi connectivity index (χ1n) is 2.73. The second-order valence-electron chi connectivity index (χ2n) is 1.86. The van der Waals surface area contributed by atoms with Gasteiger partial charge >= 0.3 is 6.18 Å². The first kappa shape index (κ1) is 13.5. The Morgan fingerprint density at radius 3 is 1.50 bits per heavy atom. The lowest BCUT2D eigenvalue weighted by Gasteiger charge is -2.03. The van der Waals surface area contributed by atoms with Crippen LogP contribution in [0.25, 0.3) is 0 Å². The topological polar surface area (TPSA) is 70.0 Å². The van der Waals surface area contributed by atoms with Gasteiger partial charge in [-0.25, -0.2) is 0 Å². The van der Waals surface area contributed by atoms with E-state index in [2.05, 4.69) is 0 Å². The van der Waals surface area contributed by atoms with Crippen LogP contribution in [-0.4, -0.2) is 0 Å². The average molecular weight is 180 g/mol. The highest BCUT2D eigenvalue weighted by Gasteiger charge is 2.29. The zero-order valence-corrected chi connectivity index (χ0v) is 6.43. The molecule has 6 N–H and O–H groups in total. The summed E-state index contributed by atoms with van der Waals surface area (Å²) in [5.41, 5.74) is -0.602. The molecule has 0 spiro atoms. The Morgan fingerprint density at radius 2 is 1.25 bits per heavy atom. The summed E-state index contributed by atoms with van der Waals surface area (Å²) >= 11 is 0. The van der Waals surface area contributed by atoms with Gasteiger partial charge in [0.05, 0.1) is 5.56 Å². The van der Waals surface area contributed by atoms with Crippen molar-refractivity contribution in [2.75, 3.05) is 0 Å². The minimum atomic E-state index is -4.21. The van der Waals surface area contributed by atoms with E-state index in [1.807, 2.05) is 0 Å². The number of benzene rings is 1. The van der Waals surface area contributed by atoms with Crippen LogP contribution >= 0.6 is 0 Å². The van der Waals surface area contributed by atoms with Gasteiger partial charge in [0.15, 0.2) is 0 Å². The molecule has 5 heteroatoms. The number of alkyl halides is 3. The number of rotatable bonds is 0. The van der Waals surface area contributed by atoms with Crippen LogP contribution in [0.3, 0.4) is 0 Å². The summed E-state index contributed by atoms with van der Waals surface area (Å²) in [7, 11) is 0. The van der Waals surface area contributed by atoms with Gasteiger partial charge in [-0.15, -0.1) is 0 Å². The highest BCUT2D eigenvalue weighted by Crippen LogP contribution is 2.28. The van der Waals surface area contributed by atoms with E-state index in [0.717, 1.165) is 12.1 Å². The van der Waals surface area contributed by atoms with E-state index in [9.17, 15) is 13.2 Å². The third-order valence-electron chi connectivity index (χ3n) is 1.10. The Kier molecular flexibility index (Phi) is 5.33. The fourth-order valence-corrected chi connectivity index (χ4v) is 0.627. The van der Waals surface area contributed by atoms with Gasteiger partial charge in [0.25, 0.3) is 0 Å². The minimum absolute atomic E-state index is 0. The zero-order chi connectivity index (χ0) is 7.61. The Balaban J connectivity index is 0. The molecule has 1 rings (SSSR count). The van der Waals surface area contributed by atoms with Crippen molar-refractivity contribution in [3.8, 4) is 0 Å². The minimum Gasteiger partial charge on any atom is -0.344 e. The van der Waals surface area contributed by atoms with Gasteiger partial charge in [-0.2, -0.15) is 13.2 Å². The van der Waals surface area contributed by atoms with Gasteiger partial charge in [-0.3, -0.25) is 0 Å². The first-order valence-corrected chi connectivity index (χ1v) is 2.73. The third kappa shape index (κ3) is 3.36. The largest absolute Gasteiger partial charge is 0.416 e. The zero-order valence-electron chi connectivity index (χ0n) is 6.43. The molecule has 0 heterocycles. The number of hydrogen-bond acceptors (Lipinski definition) is 2. The van der Waals surface area contributed by atoms with E-state index in [0.29, 0.717) is 0 Å². The standard InChI is InChI=1S/C7H5F3.2H3N/c8-7(9,10)6-4-2-1-3-5-6;;/h1-5H;2*1H3. The van der Waals surface area contributed by atoms with Crippen molar-refractivity contribution < 1.29 is 13.2 Å². The van der Waals surface area contributed by atoms with E-state index < -0.39 is 11.7 Å². The van der Waals surface area contributed by atoms with Gasteiger partial charge in [-0.1, -0.05) is 30.3 Å². The molecule has 0 fully saturated rings. The molecule has 0 radical (unpaired) electrons. The highest BCUT2D eigenvalue weighted by molar-refractivity contribution is 5.17. The van der Waals surface area contributed by atoms with Crippen molar-refractivity contribution in [3.63, 3.8) is 0 Å². The molecule has 1 aromatic rings. The summed E-state index contributed by atoms with van der Waals surface area (Å²) in [5.74, 6) is 0. The average Bonchev–Trinajstić information content (AvgIpc) is 1.88. The van der Waals surface area contributed by atoms with E-state index in [1.54, 1.807) is 6.07 Å². The van der Waals surface area contributed by atoms with Gasteiger partial charge in [0.1, 0.15) is 0 Å². The number of hydrogen-bond donors (Lipinski definition) is 2. The molecule has 0 aliphatic carbocycles. The van der Waals surface area contributed by atoms with Gasteiger partial charge < -0.3 is 12.3 Å². The van der Waals surface area contributed by atoms with Crippen molar-refractivity contribution in [1.29, 1.82) is 0 Å². The molecule has 70 valence electrons. The van der Waals surface area contributed by atoms with E-state index in [1.165, 1.54) is 12.1 Å². The molecule has 0 saturated carbocycles. The smallest absolute Gasteiger partial charge is 0.344 e. The van der Waals surface area contributed by atoms with Crippen LogP contribution in [0.5, 0.6) is 0 Å². The summed E-state index contributed by atoms with van der Waals surface area (Å²) < 4.78 is 35.4. The maximum Gasteiger partial charge on any atom is 0.416 e. The second kappa shape index (κ2) is 4.74. The van der Waals surface area contributed by atoms with Crippen LogP contribution in [0, 0.1) is 0 Å². The third-order valence-corrected chi connectivity index (χ3v) is 1.10. The second-order valence-corrected chi connectivity index (χ2v) is 1.86. The van der Waals surface area contributed by atoms with E-state index >= 15 is 0 Å². The van der Waals surface area contributed by atoms with Crippen LogP contribution in [0.1, 0.15) is 5.56 Å². The normalized spacial score (nSPS) is 9.58. The molecule has 0 atom stereocenters. The van der Waals surface area contributed by atoms with Crippen LogP contribution in [-0.2, 0) is 6.18 Å². The van der Waals surface area contributed by atoms with Crippen LogP contribution in [0.4, 0.5) is 13.2 Å². The Morgan fingerprint density at radius 1 is 0.833 bits per heavy atom. The highest BCUT2D eigenvalue weighted by atomic mass is 19.4. The maximum absolute atomic E-state index is 11.8. The SMILES string of the molecule is FC(F)(F)c1ccccc1.N.N. The fraction of sp³-hybridized carbons (Fsp3) is 0.143. The first-order chi connectivity index (χ1) is 4.61. The fourth-order valence-electron chi connectivity index (χ4n) is 0.627. The van der Waals surface area contributed by atoms with Crippen molar-refractivity contribution >= 4 is 0 Å². The monoisotopic (exact) mass is 180 g/mol. The van der Waals surface area contributed by atoms with Crippen LogP contribution in [0.2, 0.25) is 0 Å². The van der Waals surface area contributed by atoms with Gasteiger partial charge in [-0.05, 0) is 0 Å². The summed E-state index contributed by atoms with van der Waals surface area (Å²) in [5, 5.41) is 0. The molecule has 0 aliphatic rings. The summed E-state index contributed by atoms with van der Waals surface area (Å²) in [4.78, 5) is 0. The lowest BCUT2D eigenvalue weighted by atomic mass is 10.2. The Labute approximate surface area is 68.6 Å². The molecule has 0 unspecified atom stereocenters. The van der Waals surface area contributed by atoms with Gasteiger partial charge in [0, 0.05) is 0 Å². The lowest BCUT2D eigenvalue weighted by molar-refractivity contribution is -0.137. The van der Waals surface area contributed by atoms with Crippen molar-refractivity contribution in [1.82, 2.24) is 12.3 Å². The molecule has 12 heavy (non-hydrogen) atoms. The van der Waals surface area contributed by atoms with Crippen LogP contribution < -0.4 is 12.3 Å². The van der Waals surface area contributed by atoms with Crippen molar-refractivity contribution in [2.45, 2.75) is 6.18 Å². The maximum atomic E-state index is 11.8. The lowest BCUT2D eigenvalue weighted by Crippen LogP contribution is -2.03. The van der Waals surface area contributed by atoms with Crippen molar-refractivity contribution in [3.05, 3.63) is 35.9 Å². The molecule has 2 nitrogen and oxygen atoms in total. The molecular formula is C7H11F3N2. The van der Waals surface area contributed by atoms with Crippen LogP contribution in [0.15, 0.2) is 30.3 Å². The summed E-state index contributed by atoms with van der Waals surface area (Å²) in [6, 6.07) is 6.36. The molecule has 0 bridgehead atoms. The predicted octanol–water partition coefficient (Wildman–Crippen LogP) is 3.03. The van der Waals surface area contributed by atoms with Crippen molar-refractivity contribution in [2.24, 2.45) is 0 Å². The Hall–Kier alpha value is -1.07. The summed E-state index contributed by atoms with van der Waals surface area (Å²) in [6.45, 7) is 0. The molecule has 0 aliphatic heterocycles.